The Morgan fingerprint density at radius 2 is 2.16 bits per heavy atom. The van der Waals surface area contributed by atoms with Crippen LogP contribution in [0, 0.1) is 5.82 Å². The van der Waals surface area contributed by atoms with E-state index < -0.39 is 0 Å². The summed E-state index contributed by atoms with van der Waals surface area (Å²) in [6, 6.07) is 7.27. The molecule has 2 unspecified atom stereocenters. The lowest BCUT2D eigenvalue weighted by molar-refractivity contribution is 0.0946. The van der Waals surface area contributed by atoms with Crippen LogP contribution in [-0.2, 0) is 11.2 Å². The van der Waals surface area contributed by atoms with Crippen molar-refractivity contribution in [1.29, 1.82) is 0 Å². The predicted octanol–water partition coefficient (Wildman–Crippen LogP) is 3.31. The fourth-order valence-corrected chi connectivity index (χ4v) is 2.64. The molecule has 1 aromatic rings. The molecule has 19 heavy (non-hydrogen) atoms. The molecule has 2 nitrogen and oxygen atoms in total. The molecule has 1 heterocycles. The van der Waals surface area contributed by atoms with Crippen molar-refractivity contribution >= 4 is 0 Å². The van der Waals surface area contributed by atoms with Crippen LogP contribution in [0.15, 0.2) is 24.3 Å². The SMILES string of the molecule is CCCNC(Cc1ccc(F)cc1)CC1CCCO1. The van der Waals surface area contributed by atoms with Crippen LogP contribution in [0.1, 0.15) is 38.2 Å². The lowest BCUT2D eigenvalue weighted by atomic mass is 9.99. The minimum atomic E-state index is -0.166. The zero-order valence-corrected chi connectivity index (χ0v) is 11.7. The summed E-state index contributed by atoms with van der Waals surface area (Å²) in [6.07, 6.45) is 5.88. The van der Waals surface area contributed by atoms with Crippen LogP contribution in [0.25, 0.3) is 0 Å². The van der Waals surface area contributed by atoms with Crippen LogP contribution in [0.4, 0.5) is 4.39 Å². The van der Waals surface area contributed by atoms with E-state index in [1.165, 1.54) is 30.5 Å². The van der Waals surface area contributed by atoms with Gasteiger partial charge in [0.1, 0.15) is 5.82 Å². The van der Waals surface area contributed by atoms with Crippen molar-refractivity contribution in [3.05, 3.63) is 35.6 Å². The molecule has 0 aliphatic carbocycles. The average Bonchev–Trinajstić information content (AvgIpc) is 2.91. The highest BCUT2D eigenvalue weighted by Gasteiger charge is 2.20. The maximum absolute atomic E-state index is 12.9. The average molecular weight is 265 g/mol. The number of ether oxygens (including phenoxy) is 1. The summed E-state index contributed by atoms with van der Waals surface area (Å²) in [4.78, 5) is 0. The summed E-state index contributed by atoms with van der Waals surface area (Å²) in [6.45, 7) is 4.11. The quantitative estimate of drug-likeness (QED) is 0.816. The molecule has 0 spiro atoms. The number of nitrogens with one attached hydrogen (secondary N) is 1. The molecule has 0 bridgehead atoms. The molecule has 0 saturated carbocycles. The summed E-state index contributed by atoms with van der Waals surface area (Å²) in [5.41, 5.74) is 1.19. The third-order valence-corrected chi connectivity index (χ3v) is 3.65. The van der Waals surface area contributed by atoms with Crippen molar-refractivity contribution < 1.29 is 9.13 Å². The normalized spacial score (nSPS) is 20.6. The summed E-state index contributed by atoms with van der Waals surface area (Å²) in [5, 5.41) is 3.59. The summed E-state index contributed by atoms with van der Waals surface area (Å²) >= 11 is 0. The Hall–Kier alpha value is -0.930. The molecule has 1 fully saturated rings. The van der Waals surface area contributed by atoms with E-state index in [1.54, 1.807) is 0 Å². The van der Waals surface area contributed by atoms with Gasteiger partial charge in [0.05, 0.1) is 6.10 Å². The number of rotatable bonds is 7. The van der Waals surface area contributed by atoms with Crippen LogP contribution < -0.4 is 5.32 Å². The van der Waals surface area contributed by atoms with Gasteiger partial charge in [0.25, 0.3) is 0 Å². The molecule has 1 N–H and O–H groups in total. The van der Waals surface area contributed by atoms with Gasteiger partial charge in [-0.05, 0) is 56.3 Å². The van der Waals surface area contributed by atoms with Crippen molar-refractivity contribution in [2.45, 2.75) is 51.2 Å². The molecule has 3 heteroatoms. The van der Waals surface area contributed by atoms with Crippen molar-refractivity contribution in [3.63, 3.8) is 0 Å². The summed E-state index contributed by atoms with van der Waals surface area (Å²) in [5.74, 6) is -0.166. The van der Waals surface area contributed by atoms with E-state index in [2.05, 4.69) is 12.2 Å². The first-order chi connectivity index (χ1) is 9.28. The Kier molecular flexibility index (Phi) is 5.80. The largest absolute Gasteiger partial charge is 0.378 e. The van der Waals surface area contributed by atoms with E-state index >= 15 is 0 Å². The highest BCUT2D eigenvalue weighted by atomic mass is 19.1. The number of benzene rings is 1. The van der Waals surface area contributed by atoms with E-state index in [1.807, 2.05) is 12.1 Å². The second kappa shape index (κ2) is 7.61. The molecule has 0 radical (unpaired) electrons. The third kappa shape index (κ3) is 4.92. The molecular formula is C16H24FNO. The smallest absolute Gasteiger partial charge is 0.123 e. The Bertz CT molecular complexity index is 360. The zero-order valence-electron chi connectivity index (χ0n) is 11.7. The van der Waals surface area contributed by atoms with Gasteiger partial charge in [-0.2, -0.15) is 0 Å². The van der Waals surface area contributed by atoms with Crippen molar-refractivity contribution in [2.24, 2.45) is 0 Å². The molecule has 1 aromatic carbocycles. The van der Waals surface area contributed by atoms with Crippen LogP contribution in [0.3, 0.4) is 0 Å². The monoisotopic (exact) mass is 265 g/mol. The minimum absolute atomic E-state index is 0.166. The Morgan fingerprint density at radius 3 is 2.79 bits per heavy atom. The number of halogens is 1. The third-order valence-electron chi connectivity index (χ3n) is 3.65. The van der Waals surface area contributed by atoms with Crippen molar-refractivity contribution in [3.8, 4) is 0 Å². The van der Waals surface area contributed by atoms with E-state index in [4.69, 9.17) is 4.74 Å². The highest BCUT2D eigenvalue weighted by Crippen LogP contribution is 2.19. The van der Waals surface area contributed by atoms with Gasteiger partial charge in [0.15, 0.2) is 0 Å². The van der Waals surface area contributed by atoms with Gasteiger partial charge in [0.2, 0.25) is 0 Å². The van der Waals surface area contributed by atoms with E-state index in [0.29, 0.717) is 12.1 Å². The van der Waals surface area contributed by atoms with Crippen molar-refractivity contribution in [1.82, 2.24) is 5.32 Å². The fraction of sp³-hybridized carbons (Fsp3) is 0.625. The Balaban J connectivity index is 1.89. The van der Waals surface area contributed by atoms with Crippen LogP contribution in [0.2, 0.25) is 0 Å². The molecule has 2 atom stereocenters. The molecular weight excluding hydrogens is 241 g/mol. The van der Waals surface area contributed by atoms with Gasteiger partial charge in [-0.15, -0.1) is 0 Å². The molecule has 1 aliphatic heterocycles. The molecule has 0 amide bonds. The summed E-state index contributed by atoms with van der Waals surface area (Å²) in [7, 11) is 0. The Labute approximate surface area is 115 Å². The maximum atomic E-state index is 12.9. The second-order valence-electron chi connectivity index (χ2n) is 5.35. The first-order valence-electron chi connectivity index (χ1n) is 7.37. The van der Waals surface area contributed by atoms with Crippen molar-refractivity contribution in [2.75, 3.05) is 13.2 Å². The van der Waals surface area contributed by atoms with Crippen LogP contribution in [0.5, 0.6) is 0 Å². The van der Waals surface area contributed by atoms with Gasteiger partial charge in [-0.1, -0.05) is 19.1 Å². The van der Waals surface area contributed by atoms with Gasteiger partial charge in [-0.25, -0.2) is 4.39 Å². The number of hydrogen-bond donors (Lipinski definition) is 1. The van der Waals surface area contributed by atoms with E-state index in [0.717, 1.165) is 32.4 Å². The summed E-state index contributed by atoms with van der Waals surface area (Å²) < 4.78 is 18.6. The standard InChI is InChI=1S/C16H24FNO/c1-2-9-18-15(12-16-4-3-10-19-16)11-13-5-7-14(17)8-6-13/h5-8,15-16,18H,2-4,9-12H2,1H3. The topological polar surface area (TPSA) is 21.3 Å². The van der Waals surface area contributed by atoms with E-state index in [-0.39, 0.29) is 5.82 Å². The Morgan fingerprint density at radius 1 is 1.37 bits per heavy atom. The molecule has 1 aliphatic rings. The molecule has 1 saturated heterocycles. The molecule has 0 aromatic heterocycles. The van der Waals surface area contributed by atoms with Gasteiger partial charge in [0, 0.05) is 12.6 Å². The van der Waals surface area contributed by atoms with Crippen LogP contribution in [-0.4, -0.2) is 25.3 Å². The first kappa shape index (κ1) is 14.5. The lowest BCUT2D eigenvalue weighted by Crippen LogP contribution is -2.35. The molecule has 106 valence electrons. The second-order valence-corrected chi connectivity index (χ2v) is 5.35. The molecule has 2 rings (SSSR count). The first-order valence-corrected chi connectivity index (χ1v) is 7.37. The lowest BCUT2D eigenvalue weighted by Gasteiger charge is -2.21. The highest BCUT2D eigenvalue weighted by molar-refractivity contribution is 5.17. The number of hydrogen-bond acceptors (Lipinski definition) is 2. The van der Waals surface area contributed by atoms with Crippen LogP contribution >= 0.6 is 0 Å². The fourth-order valence-electron chi connectivity index (χ4n) is 2.64. The van der Waals surface area contributed by atoms with Gasteiger partial charge >= 0.3 is 0 Å². The van der Waals surface area contributed by atoms with Gasteiger partial charge < -0.3 is 10.1 Å². The predicted molar refractivity (Wildman–Crippen MR) is 75.8 cm³/mol. The van der Waals surface area contributed by atoms with Gasteiger partial charge in [-0.3, -0.25) is 0 Å². The van der Waals surface area contributed by atoms with E-state index in [9.17, 15) is 4.39 Å². The zero-order chi connectivity index (χ0) is 13.5. The minimum Gasteiger partial charge on any atom is -0.378 e. The maximum Gasteiger partial charge on any atom is 0.123 e.